The molecule has 2 heterocycles. The summed E-state index contributed by atoms with van der Waals surface area (Å²) in [5.74, 6) is 1.52. The highest BCUT2D eigenvalue weighted by molar-refractivity contribution is 5.84. The number of likely N-dealkylation sites (N-methyl/N-ethyl adjacent to an activating group) is 1. The van der Waals surface area contributed by atoms with Crippen molar-refractivity contribution in [3.8, 4) is 17.0 Å². The van der Waals surface area contributed by atoms with Gasteiger partial charge >= 0.3 is 6.03 Å². The van der Waals surface area contributed by atoms with Crippen LogP contribution < -0.4 is 15.0 Å². The number of carbonyl (C=O) groups is 2. The Hall–Kier alpha value is -3.40. The number of rotatable bonds is 9. The minimum absolute atomic E-state index is 0.0379. The Bertz CT molecular complexity index is 944. The molecule has 0 spiro atoms. The summed E-state index contributed by atoms with van der Waals surface area (Å²) < 4.78 is 5.28. The van der Waals surface area contributed by atoms with Gasteiger partial charge in [-0.1, -0.05) is 12.1 Å². The Kier molecular flexibility index (Phi) is 9.03. The number of hydrogen-bond acceptors (Lipinski definition) is 7. The van der Waals surface area contributed by atoms with E-state index in [0.29, 0.717) is 45.8 Å². The van der Waals surface area contributed by atoms with E-state index in [1.165, 1.54) is 0 Å². The third-order valence-corrected chi connectivity index (χ3v) is 5.73. The fraction of sp³-hybridized carbons (Fsp3) is 0.500. The summed E-state index contributed by atoms with van der Waals surface area (Å²) in [7, 11) is 5.53. The van der Waals surface area contributed by atoms with Crippen LogP contribution in [0.4, 0.5) is 10.6 Å². The van der Waals surface area contributed by atoms with E-state index in [1.54, 1.807) is 12.0 Å². The van der Waals surface area contributed by atoms with Crippen LogP contribution in [0.15, 0.2) is 36.4 Å². The highest BCUT2D eigenvalue weighted by atomic mass is 16.5. The lowest BCUT2D eigenvalue weighted by Crippen LogP contribution is -2.53. The molecule has 1 N–H and O–H groups in total. The molecule has 1 saturated heterocycles. The lowest BCUT2D eigenvalue weighted by molar-refractivity contribution is -0.132. The Balaban J connectivity index is 1.55. The first kappa shape index (κ1) is 25.2. The van der Waals surface area contributed by atoms with Gasteiger partial charge in [-0.05, 0) is 45.3 Å². The number of methoxy groups -OCH3 is 1. The first-order valence-corrected chi connectivity index (χ1v) is 11.6. The zero-order valence-electron chi connectivity index (χ0n) is 20.5. The summed E-state index contributed by atoms with van der Waals surface area (Å²) in [6, 6.07) is 11.4. The zero-order chi connectivity index (χ0) is 24.5. The van der Waals surface area contributed by atoms with E-state index in [2.05, 4.69) is 20.4 Å². The maximum atomic E-state index is 12.9. The number of hydrogen-bond donors (Lipinski definition) is 1. The van der Waals surface area contributed by atoms with Crippen LogP contribution in [0.3, 0.4) is 0 Å². The predicted octanol–water partition coefficient (Wildman–Crippen LogP) is 1.39. The number of urea groups is 1. The van der Waals surface area contributed by atoms with Crippen molar-refractivity contribution in [2.75, 3.05) is 78.5 Å². The lowest BCUT2D eigenvalue weighted by Gasteiger charge is -2.36. The highest BCUT2D eigenvalue weighted by Gasteiger charge is 2.25. The van der Waals surface area contributed by atoms with Crippen molar-refractivity contribution in [2.45, 2.75) is 6.92 Å². The Morgan fingerprint density at radius 3 is 2.44 bits per heavy atom. The molecule has 1 aliphatic rings. The molecule has 0 aliphatic carbocycles. The second-order valence-corrected chi connectivity index (χ2v) is 8.44. The van der Waals surface area contributed by atoms with Crippen LogP contribution in [0.2, 0.25) is 0 Å². The largest absolute Gasteiger partial charge is 0.497 e. The Morgan fingerprint density at radius 1 is 1.06 bits per heavy atom. The van der Waals surface area contributed by atoms with Gasteiger partial charge in [0.15, 0.2) is 5.82 Å². The topological polar surface area (TPSA) is 94.1 Å². The van der Waals surface area contributed by atoms with E-state index < -0.39 is 0 Å². The minimum atomic E-state index is -0.206. The van der Waals surface area contributed by atoms with Crippen LogP contribution >= 0.6 is 0 Å². The second kappa shape index (κ2) is 12.2. The summed E-state index contributed by atoms with van der Waals surface area (Å²) >= 11 is 0. The number of aromatic nitrogens is 2. The molecule has 1 aliphatic heterocycles. The molecule has 10 nitrogen and oxygen atoms in total. The van der Waals surface area contributed by atoms with Crippen LogP contribution in [0.1, 0.15) is 6.92 Å². The summed E-state index contributed by atoms with van der Waals surface area (Å²) in [6.07, 6.45) is 0. The number of nitrogens with one attached hydrogen (secondary N) is 1. The van der Waals surface area contributed by atoms with E-state index in [9.17, 15) is 9.59 Å². The molecule has 0 radical (unpaired) electrons. The summed E-state index contributed by atoms with van der Waals surface area (Å²) in [4.78, 5) is 32.8. The lowest BCUT2D eigenvalue weighted by atomic mass is 10.1. The number of amides is 3. The normalized spacial score (nSPS) is 13.7. The molecular weight excluding hydrogens is 434 g/mol. The molecule has 10 heteroatoms. The number of ether oxygens (including phenoxy) is 1. The molecule has 0 saturated carbocycles. The van der Waals surface area contributed by atoms with Crippen molar-refractivity contribution in [3.05, 3.63) is 36.4 Å². The SMILES string of the molecule is CCNC(=O)N(CCN(C)C)CC(=O)N1CCN(c2ccc(-c3cccc(OC)c3)nn2)CC1. The van der Waals surface area contributed by atoms with Gasteiger partial charge in [0.25, 0.3) is 0 Å². The zero-order valence-corrected chi connectivity index (χ0v) is 20.5. The third kappa shape index (κ3) is 6.80. The van der Waals surface area contributed by atoms with Crippen LogP contribution in [0, 0.1) is 0 Å². The van der Waals surface area contributed by atoms with Crippen molar-refractivity contribution >= 4 is 17.8 Å². The first-order chi connectivity index (χ1) is 16.4. The van der Waals surface area contributed by atoms with E-state index in [4.69, 9.17) is 4.74 Å². The van der Waals surface area contributed by atoms with Crippen LogP contribution in [0.5, 0.6) is 5.75 Å². The highest BCUT2D eigenvalue weighted by Crippen LogP contribution is 2.23. The number of carbonyl (C=O) groups excluding carboxylic acids is 2. The number of piperazine rings is 1. The molecule has 1 fully saturated rings. The number of nitrogens with zero attached hydrogens (tertiary/aromatic N) is 6. The molecule has 0 atom stereocenters. The molecule has 1 aromatic heterocycles. The molecule has 3 rings (SSSR count). The minimum Gasteiger partial charge on any atom is -0.497 e. The summed E-state index contributed by atoms with van der Waals surface area (Å²) in [6.45, 7) is 6.16. The van der Waals surface area contributed by atoms with E-state index in [1.807, 2.05) is 67.2 Å². The van der Waals surface area contributed by atoms with Gasteiger partial charge < -0.3 is 29.7 Å². The Morgan fingerprint density at radius 2 is 1.82 bits per heavy atom. The van der Waals surface area contributed by atoms with E-state index in [-0.39, 0.29) is 18.5 Å². The fourth-order valence-corrected chi connectivity index (χ4v) is 3.71. The average Bonchev–Trinajstić information content (AvgIpc) is 2.86. The van der Waals surface area contributed by atoms with Gasteiger partial charge in [0, 0.05) is 51.4 Å². The van der Waals surface area contributed by atoms with Crippen LogP contribution in [-0.4, -0.2) is 110 Å². The van der Waals surface area contributed by atoms with Gasteiger partial charge in [-0.25, -0.2) is 4.79 Å². The molecule has 3 amide bonds. The number of anilines is 1. The van der Waals surface area contributed by atoms with Crippen molar-refractivity contribution < 1.29 is 14.3 Å². The van der Waals surface area contributed by atoms with E-state index >= 15 is 0 Å². The van der Waals surface area contributed by atoms with Crippen molar-refractivity contribution in [3.63, 3.8) is 0 Å². The Labute approximate surface area is 201 Å². The molecule has 0 unspecified atom stereocenters. The maximum Gasteiger partial charge on any atom is 0.317 e. The fourth-order valence-electron chi connectivity index (χ4n) is 3.71. The first-order valence-electron chi connectivity index (χ1n) is 11.6. The number of benzene rings is 1. The van der Waals surface area contributed by atoms with Gasteiger partial charge in [-0.2, -0.15) is 0 Å². The molecular formula is C24H35N7O3. The monoisotopic (exact) mass is 469 g/mol. The molecule has 34 heavy (non-hydrogen) atoms. The standard InChI is InChI=1S/C24H35N7O3/c1-5-25-24(33)31(12-11-28(2)3)18-23(32)30-15-13-29(14-16-30)22-10-9-21(26-27-22)19-7-6-8-20(17-19)34-4/h6-10,17H,5,11-16,18H2,1-4H3,(H,25,33). The van der Waals surface area contributed by atoms with Gasteiger partial charge in [0.05, 0.1) is 12.8 Å². The molecule has 2 aromatic rings. The molecule has 0 bridgehead atoms. The van der Waals surface area contributed by atoms with Gasteiger partial charge in [-0.15, -0.1) is 10.2 Å². The summed E-state index contributed by atoms with van der Waals surface area (Å²) in [5, 5.41) is 11.6. The maximum absolute atomic E-state index is 12.9. The molecule has 1 aromatic carbocycles. The van der Waals surface area contributed by atoms with Crippen molar-refractivity contribution in [1.29, 1.82) is 0 Å². The van der Waals surface area contributed by atoms with Crippen molar-refractivity contribution in [2.24, 2.45) is 0 Å². The van der Waals surface area contributed by atoms with E-state index in [0.717, 1.165) is 22.8 Å². The second-order valence-electron chi connectivity index (χ2n) is 8.44. The quantitative estimate of drug-likeness (QED) is 0.593. The average molecular weight is 470 g/mol. The van der Waals surface area contributed by atoms with Crippen molar-refractivity contribution in [1.82, 2.24) is 30.2 Å². The van der Waals surface area contributed by atoms with Gasteiger partial charge in [-0.3, -0.25) is 4.79 Å². The van der Waals surface area contributed by atoms with Crippen LogP contribution in [0.25, 0.3) is 11.3 Å². The molecule has 184 valence electrons. The van der Waals surface area contributed by atoms with Gasteiger partial charge in [0.2, 0.25) is 5.91 Å². The summed E-state index contributed by atoms with van der Waals surface area (Å²) in [5.41, 5.74) is 1.72. The van der Waals surface area contributed by atoms with Crippen LogP contribution in [-0.2, 0) is 4.79 Å². The van der Waals surface area contributed by atoms with Gasteiger partial charge in [0.1, 0.15) is 12.3 Å². The third-order valence-electron chi connectivity index (χ3n) is 5.73. The predicted molar refractivity (Wildman–Crippen MR) is 132 cm³/mol. The smallest absolute Gasteiger partial charge is 0.317 e.